The first kappa shape index (κ1) is 11.1. The van der Waals surface area contributed by atoms with E-state index in [1.54, 1.807) is 6.20 Å². The SMILES string of the molecule is CCc1cccnc1C(N)C1=CCCCO1. The van der Waals surface area contributed by atoms with Gasteiger partial charge in [0.15, 0.2) is 0 Å². The maximum Gasteiger partial charge on any atom is 0.115 e. The van der Waals surface area contributed by atoms with Crippen molar-refractivity contribution in [3.63, 3.8) is 0 Å². The summed E-state index contributed by atoms with van der Waals surface area (Å²) < 4.78 is 5.59. The molecule has 3 heteroatoms. The monoisotopic (exact) mass is 218 g/mol. The molecule has 16 heavy (non-hydrogen) atoms. The largest absolute Gasteiger partial charge is 0.496 e. The quantitative estimate of drug-likeness (QED) is 0.847. The third-order valence-electron chi connectivity index (χ3n) is 2.87. The fourth-order valence-electron chi connectivity index (χ4n) is 1.96. The molecule has 0 fully saturated rings. The lowest BCUT2D eigenvalue weighted by molar-refractivity contribution is 0.175. The van der Waals surface area contributed by atoms with Gasteiger partial charge in [0.25, 0.3) is 0 Å². The zero-order valence-corrected chi connectivity index (χ0v) is 9.65. The van der Waals surface area contributed by atoms with Gasteiger partial charge in [-0.2, -0.15) is 0 Å². The number of nitrogens with zero attached hydrogens (tertiary/aromatic N) is 1. The van der Waals surface area contributed by atoms with Crippen molar-refractivity contribution in [2.45, 2.75) is 32.2 Å². The van der Waals surface area contributed by atoms with Crippen LogP contribution < -0.4 is 5.73 Å². The van der Waals surface area contributed by atoms with Crippen LogP contribution in [0.1, 0.15) is 37.1 Å². The Labute approximate surface area is 96.3 Å². The molecular weight excluding hydrogens is 200 g/mol. The smallest absolute Gasteiger partial charge is 0.115 e. The molecule has 2 rings (SSSR count). The Morgan fingerprint density at radius 3 is 3.12 bits per heavy atom. The van der Waals surface area contributed by atoms with E-state index in [-0.39, 0.29) is 6.04 Å². The van der Waals surface area contributed by atoms with E-state index < -0.39 is 0 Å². The molecule has 1 aliphatic rings. The highest BCUT2D eigenvalue weighted by Crippen LogP contribution is 2.24. The molecule has 0 saturated heterocycles. The standard InChI is InChI=1S/C13H18N2O/c1-2-10-6-5-8-15-13(10)12(14)11-7-3-4-9-16-11/h5-8,12H,2-4,9,14H2,1H3. The van der Waals surface area contributed by atoms with Crippen molar-refractivity contribution in [3.05, 3.63) is 41.4 Å². The highest BCUT2D eigenvalue weighted by atomic mass is 16.5. The number of aromatic nitrogens is 1. The van der Waals surface area contributed by atoms with Gasteiger partial charge in [0, 0.05) is 6.20 Å². The molecule has 0 bridgehead atoms. The maximum absolute atomic E-state index is 6.19. The third kappa shape index (κ3) is 2.25. The van der Waals surface area contributed by atoms with Gasteiger partial charge in [-0.25, -0.2) is 0 Å². The van der Waals surface area contributed by atoms with Crippen LogP contribution in [0.4, 0.5) is 0 Å². The minimum absolute atomic E-state index is 0.212. The van der Waals surface area contributed by atoms with E-state index in [2.05, 4.69) is 24.1 Å². The van der Waals surface area contributed by atoms with Gasteiger partial charge >= 0.3 is 0 Å². The lowest BCUT2D eigenvalue weighted by Crippen LogP contribution is -2.20. The first-order valence-electron chi connectivity index (χ1n) is 5.85. The molecule has 0 radical (unpaired) electrons. The summed E-state index contributed by atoms with van der Waals surface area (Å²) in [7, 11) is 0. The Hall–Kier alpha value is -1.35. The highest BCUT2D eigenvalue weighted by molar-refractivity contribution is 5.27. The molecule has 1 aromatic heterocycles. The van der Waals surface area contributed by atoms with Crippen molar-refractivity contribution in [1.82, 2.24) is 4.98 Å². The number of allylic oxidation sites excluding steroid dienone is 1. The van der Waals surface area contributed by atoms with E-state index in [0.29, 0.717) is 0 Å². The molecule has 1 aromatic rings. The van der Waals surface area contributed by atoms with Crippen molar-refractivity contribution in [1.29, 1.82) is 0 Å². The maximum atomic E-state index is 6.19. The lowest BCUT2D eigenvalue weighted by Gasteiger charge is -2.21. The van der Waals surface area contributed by atoms with Gasteiger partial charge in [-0.05, 0) is 37.0 Å². The van der Waals surface area contributed by atoms with Crippen LogP contribution in [0.5, 0.6) is 0 Å². The van der Waals surface area contributed by atoms with E-state index in [9.17, 15) is 0 Å². The minimum Gasteiger partial charge on any atom is -0.496 e. The van der Waals surface area contributed by atoms with Gasteiger partial charge in [-0.3, -0.25) is 4.98 Å². The number of rotatable bonds is 3. The molecule has 0 spiro atoms. The zero-order valence-electron chi connectivity index (χ0n) is 9.65. The molecular formula is C13H18N2O. The molecule has 1 unspecified atom stereocenters. The van der Waals surface area contributed by atoms with Gasteiger partial charge < -0.3 is 10.5 Å². The van der Waals surface area contributed by atoms with E-state index in [1.807, 2.05) is 6.07 Å². The molecule has 1 atom stereocenters. The van der Waals surface area contributed by atoms with Crippen LogP contribution in [0.3, 0.4) is 0 Å². The molecule has 2 N–H and O–H groups in total. The van der Waals surface area contributed by atoms with Crippen molar-refractivity contribution in [2.24, 2.45) is 5.73 Å². The van der Waals surface area contributed by atoms with Crippen LogP contribution in [0.25, 0.3) is 0 Å². The van der Waals surface area contributed by atoms with E-state index in [0.717, 1.165) is 37.3 Å². The Morgan fingerprint density at radius 2 is 2.44 bits per heavy atom. The van der Waals surface area contributed by atoms with Crippen molar-refractivity contribution < 1.29 is 4.74 Å². The van der Waals surface area contributed by atoms with Gasteiger partial charge in [-0.15, -0.1) is 0 Å². The van der Waals surface area contributed by atoms with Crippen molar-refractivity contribution in [3.8, 4) is 0 Å². The van der Waals surface area contributed by atoms with E-state index in [1.165, 1.54) is 5.56 Å². The fourth-order valence-corrected chi connectivity index (χ4v) is 1.96. The summed E-state index contributed by atoms with van der Waals surface area (Å²) in [6.45, 7) is 2.89. The Kier molecular flexibility index (Phi) is 3.57. The molecule has 0 aromatic carbocycles. The average molecular weight is 218 g/mol. The van der Waals surface area contributed by atoms with Crippen LogP contribution in [-0.2, 0) is 11.2 Å². The zero-order chi connectivity index (χ0) is 11.4. The molecule has 86 valence electrons. The van der Waals surface area contributed by atoms with E-state index in [4.69, 9.17) is 10.5 Å². The summed E-state index contributed by atoms with van der Waals surface area (Å²) in [4.78, 5) is 4.38. The lowest BCUT2D eigenvalue weighted by atomic mass is 10.0. The summed E-state index contributed by atoms with van der Waals surface area (Å²) in [5.74, 6) is 0.875. The first-order chi connectivity index (χ1) is 7.83. The molecule has 3 nitrogen and oxygen atoms in total. The van der Waals surface area contributed by atoms with Crippen molar-refractivity contribution >= 4 is 0 Å². The second kappa shape index (κ2) is 5.12. The summed E-state index contributed by atoms with van der Waals surface area (Å²) in [6, 6.07) is 3.81. The number of ether oxygens (including phenoxy) is 1. The number of hydrogen-bond donors (Lipinski definition) is 1. The number of nitrogens with two attached hydrogens (primary N) is 1. The summed E-state index contributed by atoms with van der Waals surface area (Å²) >= 11 is 0. The summed E-state index contributed by atoms with van der Waals surface area (Å²) in [5, 5.41) is 0. The predicted octanol–water partition coefficient (Wildman–Crippen LogP) is 2.34. The average Bonchev–Trinajstić information content (AvgIpc) is 2.39. The number of pyridine rings is 1. The molecule has 0 saturated carbocycles. The van der Waals surface area contributed by atoms with Gasteiger partial charge in [0.1, 0.15) is 11.8 Å². The third-order valence-corrected chi connectivity index (χ3v) is 2.87. The Balaban J connectivity index is 2.25. The fraction of sp³-hybridized carbons (Fsp3) is 0.462. The summed E-state index contributed by atoms with van der Waals surface area (Å²) in [5.41, 5.74) is 8.33. The van der Waals surface area contributed by atoms with E-state index >= 15 is 0 Å². The van der Waals surface area contributed by atoms with Crippen LogP contribution in [0, 0.1) is 0 Å². The normalized spacial score (nSPS) is 17.5. The van der Waals surface area contributed by atoms with Crippen LogP contribution >= 0.6 is 0 Å². The van der Waals surface area contributed by atoms with Crippen LogP contribution in [0.2, 0.25) is 0 Å². The van der Waals surface area contributed by atoms with Gasteiger partial charge in [-0.1, -0.05) is 13.0 Å². The highest BCUT2D eigenvalue weighted by Gasteiger charge is 2.18. The molecule has 0 aliphatic carbocycles. The topological polar surface area (TPSA) is 48.1 Å². The predicted molar refractivity (Wildman–Crippen MR) is 63.8 cm³/mol. The van der Waals surface area contributed by atoms with Gasteiger partial charge in [0.2, 0.25) is 0 Å². The summed E-state index contributed by atoms with van der Waals surface area (Å²) in [6.07, 6.45) is 6.96. The molecule has 2 heterocycles. The second-order valence-electron chi connectivity index (χ2n) is 3.98. The first-order valence-corrected chi connectivity index (χ1v) is 5.85. The Morgan fingerprint density at radius 1 is 1.56 bits per heavy atom. The van der Waals surface area contributed by atoms with Gasteiger partial charge in [0.05, 0.1) is 12.3 Å². The Bertz CT molecular complexity index is 387. The molecule has 1 aliphatic heterocycles. The van der Waals surface area contributed by atoms with Crippen LogP contribution in [0.15, 0.2) is 30.2 Å². The molecule has 0 amide bonds. The number of aryl methyl sites for hydroxylation is 1. The van der Waals surface area contributed by atoms with Crippen molar-refractivity contribution in [2.75, 3.05) is 6.61 Å². The van der Waals surface area contributed by atoms with Crippen LogP contribution in [-0.4, -0.2) is 11.6 Å². The minimum atomic E-state index is -0.212. The number of hydrogen-bond acceptors (Lipinski definition) is 3. The second-order valence-corrected chi connectivity index (χ2v) is 3.98.